The predicted octanol–water partition coefficient (Wildman–Crippen LogP) is 5.22. The number of hydrogen-bond acceptors (Lipinski definition) is 6. The number of H-pyrrole nitrogens is 1. The van der Waals surface area contributed by atoms with Gasteiger partial charge in [0, 0.05) is 5.02 Å². The molecule has 4 aromatic rings. The van der Waals surface area contributed by atoms with Gasteiger partial charge in [-0.3, -0.25) is 0 Å². The normalized spacial score (nSPS) is 11.4. The largest absolute Gasteiger partial charge is 0.486 e. The number of ether oxygens (including phenoxy) is 1. The quantitative estimate of drug-likeness (QED) is 0.345. The molecule has 0 saturated carbocycles. The number of aromatic amines is 1. The highest BCUT2D eigenvalue weighted by atomic mass is 35.5. The topological polar surface area (TPSA) is 81.5 Å². The molecule has 0 saturated heterocycles. The standard InChI is InChI=1S/C19H15ClN4O3S/c1-12-9-13(6-7-16(12)20)26-11-15-5-4-14(27-15)10-21-24-18(22-23-19(24)28)17-3-2-8-25-17/h2-10H,11H2,1H3,(H,23,28). The van der Waals surface area contributed by atoms with Gasteiger partial charge < -0.3 is 13.6 Å². The molecule has 0 bridgehead atoms. The Morgan fingerprint density at radius 2 is 2.21 bits per heavy atom. The van der Waals surface area contributed by atoms with E-state index >= 15 is 0 Å². The molecule has 0 spiro atoms. The van der Waals surface area contributed by atoms with Crippen LogP contribution in [0, 0.1) is 11.7 Å². The van der Waals surface area contributed by atoms with Gasteiger partial charge in [0.1, 0.15) is 23.9 Å². The zero-order chi connectivity index (χ0) is 19.5. The molecule has 0 aliphatic rings. The van der Waals surface area contributed by atoms with Gasteiger partial charge in [-0.25, -0.2) is 5.10 Å². The second kappa shape index (κ2) is 7.87. The number of aromatic nitrogens is 3. The molecule has 3 aromatic heterocycles. The van der Waals surface area contributed by atoms with E-state index in [1.807, 2.05) is 25.1 Å². The minimum absolute atomic E-state index is 0.289. The van der Waals surface area contributed by atoms with Gasteiger partial charge in [0.15, 0.2) is 5.76 Å². The van der Waals surface area contributed by atoms with Crippen LogP contribution in [0.2, 0.25) is 5.02 Å². The smallest absolute Gasteiger partial charge is 0.219 e. The lowest BCUT2D eigenvalue weighted by Gasteiger charge is -2.05. The first kappa shape index (κ1) is 18.3. The minimum atomic E-state index is 0.289. The van der Waals surface area contributed by atoms with Gasteiger partial charge in [-0.2, -0.15) is 9.78 Å². The second-order valence-corrected chi connectivity index (χ2v) is 6.68. The first-order chi connectivity index (χ1) is 13.6. The highest BCUT2D eigenvalue weighted by molar-refractivity contribution is 7.71. The zero-order valence-corrected chi connectivity index (χ0v) is 16.3. The summed E-state index contributed by atoms with van der Waals surface area (Å²) in [7, 11) is 0. The number of hydrogen-bond donors (Lipinski definition) is 1. The summed E-state index contributed by atoms with van der Waals surface area (Å²) >= 11 is 11.2. The molecule has 1 N–H and O–H groups in total. The first-order valence-corrected chi connectivity index (χ1v) is 9.12. The van der Waals surface area contributed by atoms with Crippen LogP contribution in [0.1, 0.15) is 17.1 Å². The summed E-state index contributed by atoms with van der Waals surface area (Å²) in [5.41, 5.74) is 0.954. The summed E-state index contributed by atoms with van der Waals surface area (Å²) in [5, 5.41) is 11.9. The van der Waals surface area contributed by atoms with Crippen LogP contribution in [0.3, 0.4) is 0 Å². The van der Waals surface area contributed by atoms with E-state index in [9.17, 15) is 0 Å². The molecule has 9 heteroatoms. The average Bonchev–Trinajstić information content (AvgIpc) is 3.42. The van der Waals surface area contributed by atoms with E-state index in [4.69, 9.17) is 37.4 Å². The number of nitrogens with one attached hydrogen (secondary N) is 1. The van der Waals surface area contributed by atoms with Gasteiger partial charge in [0.05, 0.1) is 12.5 Å². The Morgan fingerprint density at radius 1 is 1.32 bits per heavy atom. The molecular weight excluding hydrogens is 400 g/mol. The van der Waals surface area contributed by atoms with Crippen molar-refractivity contribution in [3.05, 3.63) is 75.6 Å². The van der Waals surface area contributed by atoms with Gasteiger partial charge >= 0.3 is 0 Å². The van der Waals surface area contributed by atoms with Crippen LogP contribution in [0.15, 0.2) is 62.7 Å². The molecule has 1 aromatic carbocycles. The van der Waals surface area contributed by atoms with Crippen LogP contribution in [0.4, 0.5) is 0 Å². The molecule has 4 rings (SSSR count). The van der Waals surface area contributed by atoms with E-state index in [0.717, 1.165) is 11.3 Å². The first-order valence-electron chi connectivity index (χ1n) is 8.33. The molecule has 28 heavy (non-hydrogen) atoms. The molecule has 0 unspecified atom stereocenters. The third kappa shape index (κ3) is 3.92. The van der Waals surface area contributed by atoms with Gasteiger partial charge in [0.2, 0.25) is 10.6 Å². The molecule has 0 aliphatic heterocycles. The van der Waals surface area contributed by atoms with Crippen LogP contribution in [-0.4, -0.2) is 21.1 Å². The van der Waals surface area contributed by atoms with Crippen molar-refractivity contribution in [1.82, 2.24) is 14.9 Å². The number of benzene rings is 1. The van der Waals surface area contributed by atoms with Crippen molar-refractivity contribution in [2.45, 2.75) is 13.5 Å². The predicted molar refractivity (Wildman–Crippen MR) is 107 cm³/mol. The van der Waals surface area contributed by atoms with E-state index in [-0.39, 0.29) is 6.61 Å². The van der Waals surface area contributed by atoms with Crippen molar-refractivity contribution in [2.75, 3.05) is 0 Å². The Hall–Kier alpha value is -3.10. The van der Waals surface area contributed by atoms with Crippen LogP contribution < -0.4 is 4.74 Å². The minimum Gasteiger partial charge on any atom is -0.486 e. The van der Waals surface area contributed by atoms with Crippen molar-refractivity contribution >= 4 is 30.0 Å². The molecular formula is C19H15ClN4O3S. The highest BCUT2D eigenvalue weighted by Crippen LogP contribution is 2.22. The van der Waals surface area contributed by atoms with E-state index < -0.39 is 0 Å². The Morgan fingerprint density at radius 3 is 3.00 bits per heavy atom. The maximum atomic E-state index is 6.02. The van der Waals surface area contributed by atoms with Crippen molar-refractivity contribution in [3.8, 4) is 17.3 Å². The lowest BCUT2D eigenvalue weighted by atomic mass is 10.2. The molecule has 0 amide bonds. The zero-order valence-electron chi connectivity index (χ0n) is 14.8. The second-order valence-electron chi connectivity index (χ2n) is 5.89. The lowest BCUT2D eigenvalue weighted by Crippen LogP contribution is -1.95. The summed E-state index contributed by atoms with van der Waals surface area (Å²) in [6.07, 6.45) is 3.11. The maximum Gasteiger partial charge on any atom is 0.219 e. The average molecular weight is 415 g/mol. The van der Waals surface area contributed by atoms with Crippen molar-refractivity contribution < 1.29 is 13.6 Å². The Balaban J connectivity index is 1.46. The van der Waals surface area contributed by atoms with Crippen LogP contribution in [0.5, 0.6) is 5.75 Å². The third-order valence-electron chi connectivity index (χ3n) is 3.89. The number of nitrogens with zero attached hydrogens (tertiary/aromatic N) is 3. The number of furan rings is 2. The highest BCUT2D eigenvalue weighted by Gasteiger charge is 2.10. The monoisotopic (exact) mass is 414 g/mol. The summed E-state index contributed by atoms with van der Waals surface area (Å²) in [5.74, 6) is 2.97. The van der Waals surface area contributed by atoms with Crippen LogP contribution >= 0.6 is 23.8 Å². The van der Waals surface area contributed by atoms with Crippen LogP contribution in [0.25, 0.3) is 11.6 Å². The van der Waals surface area contributed by atoms with Crippen molar-refractivity contribution in [2.24, 2.45) is 5.10 Å². The summed E-state index contributed by atoms with van der Waals surface area (Å²) in [4.78, 5) is 0. The van der Waals surface area contributed by atoms with E-state index in [1.54, 1.807) is 36.7 Å². The summed E-state index contributed by atoms with van der Waals surface area (Å²) < 4.78 is 18.6. The van der Waals surface area contributed by atoms with Gasteiger partial charge in [-0.1, -0.05) is 11.6 Å². The Bertz CT molecular complexity index is 1170. The summed E-state index contributed by atoms with van der Waals surface area (Å²) in [6, 6.07) is 12.7. The van der Waals surface area contributed by atoms with Gasteiger partial charge in [-0.15, -0.1) is 5.10 Å². The van der Waals surface area contributed by atoms with E-state index in [1.165, 1.54) is 4.68 Å². The molecule has 0 atom stereocenters. The molecule has 0 radical (unpaired) electrons. The van der Waals surface area contributed by atoms with Crippen molar-refractivity contribution in [1.29, 1.82) is 0 Å². The Labute approximate surface area is 170 Å². The lowest BCUT2D eigenvalue weighted by molar-refractivity contribution is 0.269. The molecule has 0 fully saturated rings. The van der Waals surface area contributed by atoms with E-state index in [2.05, 4.69) is 15.3 Å². The third-order valence-corrected chi connectivity index (χ3v) is 4.57. The fourth-order valence-electron chi connectivity index (χ4n) is 2.48. The Kier molecular flexibility index (Phi) is 5.14. The van der Waals surface area contributed by atoms with Gasteiger partial charge in [0.25, 0.3) is 0 Å². The summed E-state index contributed by atoms with van der Waals surface area (Å²) in [6.45, 7) is 2.21. The number of halogens is 1. The SMILES string of the molecule is Cc1cc(OCc2ccc(C=Nn3c(-c4ccco4)n[nH]c3=S)o2)ccc1Cl. The number of aryl methyl sites for hydroxylation is 1. The molecule has 0 aliphatic carbocycles. The van der Waals surface area contributed by atoms with Crippen LogP contribution in [-0.2, 0) is 6.61 Å². The van der Waals surface area contributed by atoms with Crippen molar-refractivity contribution in [3.63, 3.8) is 0 Å². The molecule has 142 valence electrons. The number of rotatable bonds is 6. The fourth-order valence-corrected chi connectivity index (χ4v) is 2.78. The maximum absolute atomic E-state index is 6.02. The fraction of sp³-hybridized carbons (Fsp3) is 0.105. The van der Waals surface area contributed by atoms with E-state index in [0.29, 0.717) is 32.9 Å². The molecule has 7 nitrogen and oxygen atoms in total. The van der Waals surface area contributed by atoms with Gasteiger partial charge in [-0.05, 0) is 67.2 Å². The molecule has 3 heterocycles.